The summed E-state index contributed by atoms with van der Waals surface area (Å²) in [6.07, 6.45) is 1.96. The van der Waals surface area contributed by atoms with Crippen LogP contribution >= 0.6 is 0 Å². The normalized spacial score (nSPS) is 11.5. The molecule has 2 aromatic carbocycles. The number of amides is 1. The van der Waals surface area contributed by atoms with Crippen LogP contribution in [0.1, 0.15) is 30.4 Å². The van der Waals surface area contributed by atoms with Gasteiger partial charge in [0.05, 0.1) is 12.0 Å². The fraction of sp³-hybridized carbons (Fsp3) is 0.300. The van der Waals surface area contributed by atoms with Gasteiger partial charge in [0.2, 0.25) is 0 Å². The van der Waals surface area contributed by atoms with E-state index in [1.54, 1.807) is 0 Å². The van der Waals surface area contributed by atoms with Gasteiger partial charge in [0.1, 0.15) is 6.61 Å². The second-order valence-electron chi connectivity index (χ2n) is 5.81. The number of aliphatic carboxylic acids is 1. The summed E-state index contributed by atoms with van der Waals surface area (Å²) in [7, 11) is 0. The third-order valence-corrected chi connectivity index (χ3v) is 3.84. The van der Waals surface area contributed by atoms with Gasteiger partial charge in [-0.15, -0.1) is 0 Å². The summed E-state index contributed by atoms with van der Waals surface area (Å²) in [6, 6.07) is 18.1. The standard InChI is InChI=1S/C20H23NO4/c22-19(23)18(14-8-7-11-16-9-3-1-4-10-16)21-20(24)25-15-17-12-5-2-6-13-17/h1-6,9-10,12-13,18H,7-8,11,14-15H2,(H,21,24)(H,22,23)/p-1. The summed E-state index contributed by atoms with van der Waals surface area (Å²) in [5, 5.41) is 13.6. The number of hydrogen-bond donors (Lipinski definition) is 1. The Morgan fingerprint density at radius 1 is 0.920 bits per heavy atom. The van der Waals surface area contributed by atoms with Gasteiger partial charge in [0, 0.05) is 0 Å². The van der Waals surface area contributed by atoms with Gasteiger partial charge in [-0.2, -0.15) is 0 Å². The summed E-state index contributed by atoms with van der Waals surface area (Å²) in [5.41, 5.74) is 2.05. The smallest absolute Gasteiger partial charge is 0.407 e. The monoisotopic (exact) mass is 340 g/mol. The number of carbonyl (C=O) groups is 2. The second kappa shape index (κ2) is 10.1. The van der Waals surface area contributed by atoms with E-state index in [0.29, 0.717) is 12.8 Å². The van der Waals surface area contributed by atoms with Gasteiger partial charge < -0.3 is 20.0 Å². The maximum atomic E-state index is 11.8. The minimum atomic E-state index is -1.30. The molecule has 132 valence electrons. The van der Waals surface area contributed by atoms with Gasteiger partial charge in [-0.25, -0.2) is 4.79 Å². The highest BCUT2D eigenvalue weighted by atomic mass is 16.5. The molecule has 0 fully saturated rings. The van der Waals surface area contributed by atoms with Crippen LogP contribution in [0, 0.1) is 0 Å². The van der Waals surface area contributed by atoms with E-state index in [9.17, 15) is 14.7 Å². The average molecular weight is 340 g/mol. The Balaban J connectivity index is 1.70. The van der Waals surface area contributed by atoms with Crippen LogP contribution in [0.4, 0.5) is 4.79 Å². The zero-order valence-electron chi connectivity index (χ0n) is 14.0. The van der Waals surface area contributed by atoms with Crippen LogP contribution in [0.3, 0.4) is 0 Å². The molecule has 0 saturated carbocycles. The first kappa shape index (κ1) is 18.5. The third kappa shape index (κ3) is 7.08. The van der Waals surface area contributed by atoms with Crippen molar-refractivity contribution in [1.29, 1.82) is 0 Å². The summed E-state index contributed by atoms with van der Waals surface area (Å²) >= 11 is 0. The first-order valence-corrected chi connectivity index (χ1v) is 8.37. The fourth-order valence-electron chi connectivity index (χ4n) is 2.48. The molecule has 1 N–H and O–H groups in total. The zero-order valence-corrected chi connectivity index (χ0v) is 14.0. The minimum Gasteiger partial charge on any atom is -0.548 e. The SMILES string of the molecule is O=C(NC(CCCCc1ccccc1)C(=O)[O-])OCc1ccccc1. The lowest BCUT2D eigenvalue weighted by molar-refractivity contribution is -0.308. The quantitative estimate of drug-likeness (QED) is 0.711. The molecule has 0 aliphatic carbocycles. The van der Waals surface area contributed by atoms with Crippen molar-refractivity contribution >= 4 is 12.1 Å². The average Bonchev–Trinajstić information content (AvgIpc) is 2.64. The zero-order chi connectivity index (χ0) is 17.9. The predicted octanol–water partition coefficient (Wildman–Crippen LogP) is 2.44. The molecule has 0 saturated heterocycles. The largest absolute Gasteiger partial charge is 0.548 e. The van der Waals surface area contributed by atoms with Crippen molar-refractivity contribution in [3.8, 4) is 0 Å². The Kier molecular flexibility index (Phi) is 7.50. The van der Waals surface area contributed by atoms with Crippen molar-refractivity contribution in [3.63, 3.8) is 0 Å². The fourth-order valence-corrected chi connectivity index (χ4v) is 2.48. The van der Waals surface area contributed by atoms with Crippen molar-refractivity contribution < 1.29 is 19.4 Å². The summed E-state index contributed by atoms with van der Waals surface area (Å²) in [5.74, 6) is -1.30. The molecule has 2 rings (SSSR count). The number of alkyl carbamates (subject to hydrolysis) is 1. The number of carboxylic acids is 1. The van der Waals surface area contributed by atoms with Crippen LogP contribution in [0.25, 0.3) is 0 Å². The highest BCUT2D eigenvalue weighted by molar-refractivity contribution is 5.78. The number of benzene rings is 2. The Morgan fingerprint density at radius 3 is 2.12 bits per heavy atom. The van der Waals surface area contributed by atoms with E-state index in [0.717, 1.165) is 18.4 Å². The molecular formula is C20H22NO4-. The highest BCUT2D eigenvalue weighted by Gasteiger charge is 2.14. The van der Waals surface area contributed by atoms with E-state index in [2.05, 4.69) is 5.32 Å². The van der Waals surface area contributed by atoms with Crippen molar-refractivity contribution in [1.82, 2.24) is 5.32 Å². The number of nitrogens with one attached hydrogen (secondary N) is 1. The van der Waals surface area contributed by atoms with Crippen LogP contribution in [0.15, 0.2) is 60.7 Å². The molecule has 1 atom stereocenters. The molecule has 0 aliphatic rings. The van der Waals surface area contributed by atoms with Crippen LogP contribution < -0.4 is 10.4 Å². The van der Waals surface area contributed by atoms with E-state index >= 15 is 0 Å². The lowest BCUT2D eigenvalue weighted by Crippen LogP contribution is -2.48. The molecule has 0 aliphatic heterocycles. The summed E-state index contributed by atoms with van der Waals surface area (Å²) < 4.78 is 5.04. The lowest BCUT2D eigenvalue weighted by Gasteiger charge is -2.19. The number of rotatable bonds is 9. The molecule has 1 unspecified atom stereocenters. The molecule has 0 radical (unpaired) electrons. The highest BCUT2D eigenvalue weighted by Crippen LogP contribution is 2.08. The minimum absolute atomic E-state index is 0.0977. The molecule has 2 aromatic rings. The van der Waals surface area contributed by atoms with E-state index in [4.69, 9.17) is 4.74 Å². The van der Waals surface area contributed by atoms with Crippen molar-refractivity contribution in [2.24, 2.45) is 0 Å². The van der Waals surface area contributed by atoms with E-state index in [-0.39, 0.29) is 6.61 Å². The van der Waals surface area contributed by atoms with Gasteiger partial charge in [0.15, 0.2) is 0 Å². The molecule has 5 nitrogen and oxygen atoms in total. The van der Waals surface area contributed by atoms with Crippen LogP contribution in [0.2, 0.25) is 0 Å². The van der Waals surface area contributed by atoms with Gasteiger partial charge >= 0.3 is 6.09 Å². The molecule has 0 heterocycles. The van der Waals surface area contributed by atoms with E-state index in [1.807, 2.05) is 60.7 Å². The Labute approximate surface area is 147 Å². The van der Waals surface area contributed by atoms with Gasteiger partial charge in [-0.05, 0) is 30.4 Å². The van der Waals surface area contributed by atoms with E-state index < -0.39 is 18.1 Å². The van der Waals surface area contributed by atoms with Gasteiger partial charge in [-0.1, -0.05) is 67.1 Å². The number of aryl methyl sites for hydroxylation is 1. The molecule has 25 heavy (non-hydrogen) atoms. The maximum Gasteiger partial charge on any atom is 0.407 e. The van der Waals surface area contributed by atoms with Crippen LogP contribution in [0.5, 0.6) is 0 Å². The molecular weight excluding hydrogens is 318 g/mol. The Bertz CT molecular complexity index is 658. The van der Waals surface area contributed by atoms with E-state index in [1.165, 1.54) is 5.56 Å². The topological polar surface area (TPSA) is 78.5 Å². The van der Waals surface area contributed by atoms with Crippen molar-refractivity contribution in [2.75, 3.05) is 0 Å². The third-order valence-electron chi connectivity index (χ3n) is 3.84. The van der Waals surface area contributed by atoms with Gasteiger partial charge in [-0.3, -0.25) is 0 Å². The number of hydrogen-bond acceptors (Lipinski definition) is 4. The molecule has 0 bridgehead atoms. The van der Waals surface area contributed by atoms with Gasteiger partial charge in [0.25, 0.3) is 0 Å². The first-order chi connectivity index (χ1) is 12.1. The predicted molar refractivity (Wildman–Crippen MR) is 92.6 cm³/mol. The summed E-state index contributed by atoms with van der Waals surface area (Å²) in [4.78, 5) is 23.0. The first-order valence-electron chi connectivity index (χ1n) is 8.37. The lowest BCUT2D eigenvalue weighted by atomic mass is 10.0. The molecule has 1 amide bonds. The van der Waals surface area contributed by atoms with Crippen molar-refractivity contribution in [3.05, 3.63) is 71.8 Å². The number of ether oxygens (including phenoxy) is 1. The molecule has 5 heteroatoms. The second-order valence-corrected chi connectivity index (χ2v) is 5.81. The molecule has 0 aromatic heterocycles. The molecule has 0 spiro atoms. The Morgan fingerprint density at radius 2 is 1.52 bits per heavy atom. The van der Waals surface area contributed by atoms with Crippen LogP contribution in [-0.4, -0.2) is 18.1 Å². The number of carbonyl (C=O) groups excluding carboxylic acids is 2. The summed E-state index contributed by atoms with van der Waals surface area (Å²) in [6.45, 7) is 0.0977. The Hall–Kier alpha value is -2.82. The maximum absolute atomic E-state index is 11.8. The van der Waals surface area contributed by atoms with Crippen molar-refractivity contribution in [2.45, 2.75) is 38.3 Å². The number of unbranched alkanes of at least 4 members (excludes halogenated alkanes) is 1. The van der Waals surface area contributed by atoms with Crippen LogP contribution in [-0.2, 0) is 22.6 Å². The number of carboxylic acid groups (broad SMARTS) is 1.